The maximum atomic E-state index is 12.8. The van der Waals surface area contributed by atoms with E-state index in [-0.39, 0.29) is 12.0 Å². The summed E-state index contributed by atoms with van der Waals surface area (Å²) in [6.07, 6.45) is 4.11. The van der Waals surface area contributed by atoms with Crippen LogP contribution in [0.4, 0.5) is 0 Å². The molecular formula is C20H21N3O2. The summed E-state index contributed by atoms with van der Waals surface area (Å²) >= 11 is 0. The number of nitrogens with zero attached hydrogens (tertiary/aromatic N) is 2. The van der Waals surface area contributed by atoms with Crippen molar-refractivity contribution in [3.63, 3.8) is 0 Å². The van der Waals surface area contributed by atoms with E-state index in [9.17, 15) is 4.79 Å². The van der Waals surface area contributed by atoms with Crippen molar-refractivity contribution in [2.45, 2.75) is 25.9 Å². The van der Waals surface area contributed by atoms with E-state index >= 15 is 0 Å². The zero-order chi connectivity index (χ0) is 17.2. The van der Waals surface area contributed by atoms with Crippen molar-refractivity contribution in [3.05, 3.63) is 59.9 Å². The molecule has 1 atom stereocenters. The summed E-state index contributed by atoms with van der Waals surface area (Å²) in [5.41, 5.74) is 4.20. The molecule has 1 saturated heterocycles. The Hall–Kier alpha value is -2.66. The van der Waals surface area contributed by atoms with Crippen LogP contribution < -0.4 is 5.32 Å². The fraction of sp³-hybridized carbons (Fsp3) is 0.300. The van der Waals surface area contributed by atoms with Gasteiger partial charge in [0.25, 0.3) is 5.91 Å². The summed E-state index contributed by atoms with van der Waals surface area (Å²) in [5.74, 6) is -0.158. The van der Waals surface area contributed by atoms with Gasteiger partial charge in [0.2, 0.25) is 0 Å². The average Bonchev–Trinajstić information content (AvgIpc) is 3.28. The largest absolute Gasteiger partial charge is 0.376 e. The second-order valence-corrected chi connectivity index (χ2v) is 6.45. The molecule has 5 nitrogen and oxygen atoms in total. The lowest BCUT2D eigenvalue weighted by Crippen LogP contribution is -2.32. The molecule has 0 aliphatic carbocycles. The van der Waals surface area contributed by atoms with Gasteiger partial charge in [0.15, 0.2) is 5.69 Å². The van der Waals surface area contributed by atoms with Crippen molar-refractivity contribution in [2.24, 2.45) is 0 Å². The second-order valence-electron chi connectivity index (χ2n) is 6.45. The fourth-order valence-electron chi connectivity index (χ4n) is 3.24. The first kappa shape index (κ1) is 15.8. The molecule has 3 heterocycles. The van der Waals surface area contributed by atoms with E-state index in [1.807, 2.05) is 60.0 Å². The van der Waals surface area contributed by atoms with Crippen molar-refractivity contribution in [2.75, 3.05) is 13.2 Å². The number of amides is 1. The minimum Gasteiger partial charge on any atom is -0.376 e. The Bertz CT molecular complexity index is 893. The van der Waals surface area contributed by atoms with Gasteiger partial charge in [0.1, 0.15) is 5.65 Å². The summed E-state index contributed by atoms with van der Waals surface area (Å²) in [6.45, 7) is 3.36. The lowest BCUT2D eigenvalue weighted by Gasteiger charge is -2.11. The Kier molecular flexibility index (Phi) is 4.24. The van der Waals surface area contributed by atoms with Gasteiger partial charge in [-0.15, -0.1) is 0 Å². The molecule has 1 aliphatic rings. The van der Waals surface area contributed by atoms with Crippen molar-refractivity contribution >= 4 is 11.6 Å². The number of benzene rings is 1. The number of fused-ring (bicyclic) bond motifs is 1. The smallest absolute Gasteiger partial charge is 0.272 e. The Balaban J connectivity index is 1.70. The second kappa shape index (κ2) is 6.69. The Morgan fingerprint density at radius 2 is 2.12 bits per heavy atom. The SMILES string of the molecule is Cc1ccc(-c2c(C(=O)NC[C@@H]3CCCO3)nc3ccccn23)cc1. The molecule has 1 aliphatic heterocycles. The standard InChI is InChI=1S/C20H21N3O2/c1-14-7-9-15(10-8-14)19-18(22-17-6-2-3-11-23(17)19)20(24)21-13-16-5-4-12-25-16/h2-3,6-11,16H,4-5,12-13H2,1H3,(H,21,24)/t16-/m0/s1. The summed E-state index contributed by atoms with van der Waals surface area (Å²) in [4.78, 5) is 17.4. The molecule has 0 bridgehead atoms. The molecule has 25 heavy (non-hydrogen) atoms. The molecule has 1 aromatic carbocycles. The van der Waals surface area contributed by atoms with Crippen LogP contribution in [-0.4, -0.2) is 34.5 Å². The number of ether oxygens (including phenoxy) is 1. The minimum absolute atomic E-state index is 0.115. The predicted molar refractivity (Wildman–Crippen MR) is 96.7 cm³/mol. The highest BCUT2D eigenvalue weighted by atomic mass is 16.5. The maximum absolute atomic E-state index is 12.8. The number of aryl methyl sites for hydroxylation is 1. The number of hydrogen-bond acceptors (Lipinski definition) is 3. The summed E-state index contributed by atoms with van der Waals surface area (Å²) in [6, 6.07) is 13.9. The van der Waals surface area contributed by atoms with Gasteiger partial charge in [-0.05, 0) is 31.9 Å². The van der Waals surface area contributed by atoms with E-state index in [0.717, 1.165) is 36.4 Å². The van der Waals surface area contributed by atoms with Crippen LogP contribution in [-0.2, 0) is 4.74 Å². The van der Waals surface area contributed by atoms with Crippen LogP contribution in [0.2, 0.25) is 0 Å². The molecule has 3 aromatic rings. The summed E-state index contributed by atoms with van der Waals surface area (Å²) < 4.78 is 7.55. The highest BCUT2D eigenvalue weighted by Crippen LogP contribution is 2.25. The zero-order valence-corrected chi connectivity index (χ0v) is 14.2. The van der Waals surface area contributed by atoms with Crippen molar-refractivity contribution < 1.29 is 9.53 Å². The summed E-state index contributed by atoms with van der Waals surface area (Å²) in [5, 5.41) is 2.98. The van der Waals surface area contributed by atoms with E-state index in [0.29, 0.717) is 12.2 Å². The molecule has 0 spiro atoms. The molecule has 1 amide bonds. The van der Waals surface area contributed by atoms with Gasteiger partial charge < -0.3 is 10.1 Å². The molecular weight excluding hydrogens is 314 g/mol. The first-order valence-corrected chi connectivity index (χ1v) is 8.66. The number of aromatic nitrogens is 2. The van der Waals surface area contributed by atoms with E-state index in [1.54, 1.807) is 0 Å². The Morgan fingerprint density at radius 1 is 1.28 bits per heavy atom. The first-order valence-electron chi connectivity index (χ1n) is 8.66. The molecule has 1 fully saturated rings. The predicted octanol–water partition coefficient (Wildman–Crippen LogP) is 3.22. The highest BCUT2D eigenvalue weighted by Gasteiger charge is 2.22. The van der Waals surface area contributed by atoms with Crippen LogP contribution in [0.1, 0.15) is 28.9 Å². The molecule has 0 radical (unpaired) electrons. The molecule has 1 N–H and O–H groups in total. The van der Waals surface area contributed by atoms with Gasteiger partial charge >= 0.3 is 0 Å². The molecule has 4 rings (SSSR count). The number of pyridine rings is 1. The van der Waals surface area contributed by atoms with Gasteiger partial charge in [0.05, 0.1) is 11.8 Å². The molecule has 2 aromatic heterocycles. The van der Waals surface area contributed by atoms with Gasteiger partial charge in [-0.3, -0.25) is 9.20 Å². The maximum Gasteiger partial charge on any atom is 0.272 e. The van der Waals surface area contributed by atoms with Gasteiger partial charge in [-0.2, -0.15) is 0 Å². The fourth-order valence-corrected chi connectivity index (χ4v) is 3.24. The van der Waals surface area contributed by atoms with Crippen LogP contribution in [0.3, 0.4) is 0 Å². The molecule has 0 unspecified atom stereocenters. The van der Waals surface area contributed by atoms with Crippen LogP contribution in [0.5, 0.6) is 0 Å². The van der Waals surface area contributed by atoms with E-state index in [4.69, 9.17) is 4.74 Å². The average molecular weight is 335 g/mol. The Morgan fingerprint density at radius 3 is 2.88 bits per heavy atom. The Labute approximate surface area is 146 Å². The molecule has 0 saturated carbocycles. The lowest BCUT2D eigenvalue weighted by atomic mass is 10.1. The normalized spacial score (nSPS) is 17.1. The van der Waals surface area contributed by atoms with E-state index in [2.05, 4.69) is 10.3 Å². The monoisotopic (exact) mass is 335 g/mol. The quantitative estimate of drug-likeness (QED) is 0.796. The number of nitrogens with one attached hydrogen (secondary N) is 1. The van der Waals surface area contributed by atoms with Gasteiger partial charge in [-0.25, -0.2) is 4.98 Å². The van der Waals surface area contributed by atoms with Crippen molar-refractivity contribution in [1.29, 1.82) is 0 Å². The number of carbonyl (C=O) groups excluding carboxylic acids is 1. The van der Waals surface area contributed by atoms with Gasteiger partial charge in [0, 0.05) is 24.9 Å². The van der Waals surface area contributed by atoms with Crippen LogP contribution in [0.25, 0.3) is 16.9 Å². The number of imidazole rings is 1. The molecule has 128 valence electrons. The third-order valence-electron chi connectivity index (χ3n) is 4.58. The third kappa shape index (κ3) is 3.15. The van der Waals surface area contributed by atoms with E-state index in [1.165, 1.54) is 5.56 Å². The van der Waals surface area contributed by atoms with Crippen LogP contribution in [0.15, 0.2) is 48.7 Å². The minimum atomic E-state index is -0.158. The van der Waals surface area contributed by atoms with Crippen LogP contribution >= 0.6 is 0 Å². The topological polar surface area (TPSA) is 55.6 Å². The number of hydrogen-bond donors (Lipinski definition) is 1. The van der Waals surface area contributed by atoms with Gasteiger partial charge in [-0.1, -0.05) is 35.9 Å². The van der Waals surface area contributed by atoms with Crippen molar-refractivity contribution in [3.8, 4) is 11.3 Å². The number of rotatable bonds is 4. The first-order chi connectivity index (χ1) is 12.2. The molecule has 5 heteroatoms. The number of carbonyl (C=O) groups is 1. The summed E-state index contributed by atoms with van der Waals surface area (Å²) in [7, 11) is 0. The van der Waals surface area contributed by atoms with Crippen molar-refractivity contribution in [1.82, 2.24) is 14.7 Å². The zero-order valence-electron chi connectivity index (χ0n) is 14.2. The third-order valence-corrected chi connectivity index (χ3v) is 4.58. The van der Waals surface area contributed by atoms with Crippen LogP contribution in [0, 0.1) is 6.92 Å². The lowest BCUT2D eigenvalue weighted by molar-refractivity contribution is 0.0855. The highest BCUT2D eigenvalue weighted by molar-refractivity contribution is 5.99. The van der Waals surface area contributed by atoms with E-state index < -0.39 is 0 Å².